The summed E-state index contributed by atoms with van der Waals surface area (Å²) in [5, 5.41) is 0. The molecule has 66 heavy (non-hydrogen) atoms. The Labute approximate surface area is 398 Å². The molecule has 9 heteroatoms. The first-order chi connectivity index (χ1) is 31.7. The largest absolute Gasteiger partial charge is 0.481 e. The molecule has 0 fully saturated rings. The van der Waals surface area contributed by atoms with E-state index >= 15 is 0 Å². The van der Waals surface area contributed by atoms with Crippen molar-refractivity contribution in [2.75, 3.05) is 13.2 Å². The first-order valence-corrected chi connectivity index (χ1v) is 25.8. The highest BCUT2D eigenvalue weighted by Crippen LogP contribution is 2.62. The van der Waals surface area contributed by atoms with Crippen LogP contribution < -0.4 is 9.47 Å². The SMILES string of the molecule is Cc1cc([SH]2c3ccccc3Cc3c2cccc3C(C)(OC(=O)COc2c(C)cc([SH]3c4ccccc4Sc4ccccc43)cc2C)c2ccccc2)cc(C)c1OCC(=O)OC(C)(C)C. The van der Waals surface area contributed by atoms with Gasteiger partial charge in [-0.2, -0.15) is 21.8 Å². The molecule has 338 valence electrons. The lowest BCUT2D eigenvalue weighted by atomic mass is 9.83. The normalized spacial score (nSPS) is 15.8. The van der Waals surface area contributed by atoms with E-state index in [1.165, 1.54) is 44.7 Å². The molecule has 0 saturated carbocycles. The number of fused-ring (bicyclic) bond motifs is 4. The molecule has 0 saturated heterocycles. The minimum atomic E-state index is -1.14. The third-order valence-corrected chi connectivity index (χ3v) is 18.6. The standard InChI is InChI=1S/C57H56O6S3/c1-36-29-42(30-37(2)54(36)60-34-52(58)62-56(5,6)7)65-48-25-15-12-19-40(48)33-44-45(22-18-28-49(44)65)57(8,41-20-10-9-11-21-41)63-53(59)35-61-55-38(3)31-43(32-39(55)4)66-50-26-16-13-23-46(50)64-47-24-14-17-27-51(47)66/h9-32,65-66H,33-35H2,1-8H3. The Morgan fingerprint density at radius 2 is 0.985 bits per heavy atom. The van der Waals surface area contributed by atoms with Gasteiger partial charge < -0.3 is 18.9 Å². The van der Waals surface area contributed by atoms with Crippen LogP contribution in [0.5, 0.6) is 11.5 Å². The molecule has 0 amide bonds. The molecule has 7 aromatic carbocycles. The van der Waals surface area contributed by atoms with Crippen LogP contribution in [-0.2, 0) is 31.1 Å². The van der Waals surface area contributed by atoms with Gasteiger partial charge in [-0.3, -0.25) is 0 Å². The summed E-state index contributed by atoms with van der Waals surface area (Å²) in [6, 6.07) is 51.4. The Morgan fingerprint density at radius 3 is 1.53 bits per heavy atom. The molecule has 6 nitrogen and oxygen atoms in total. The third-order valence-electron chi connectivity index (χ3n) is 12.1. The fraction of sp³-hybridized carbons (Fsp3) is 0.228. The monoisotopic (exact) mass is 932 g/mol. The van der Waals surface area contributed by atoms with Crippen molar-refractivity contribution < 1.29 is 28.5 Å². The molecule has 0 aromatic heterocycles. The Hall–Kier alpha value is -5.87. The van der Waals surface area contributed by atoms with E-state index in [-0.39, 0.29) is 13.2 Å². The quantitative estimate of drug-likeness (QED) is 0.0989. The summed E-state index contributed by atoms with van der Waals surface area (Å²) in [5.74, 6) is 0.529. The van der Waals surface area contributed by atoms with Crippen molar-refractivity contribution in [2.45, 2.75) is 112 Å². The number of thiol groups is 2. The topological polar surface area (TPSA) is 71.1 Å². The summed E-state index contributed by atoms with van der Waals surface area (Å²) in [7, 11) is -1.80. The fourth-order valence-electron chi connectivity index (χ4n) is 9.36. The molecule has 0 spiro atoms. The molecule has 0 bridgehead atoms. The van der Waals surface area contributed by atoms with Gasteiger partial charge in [0.1, 0.15) is 17.1 Å². The van der Waals surface area contributed by atoms with E-state index in [1.807, 2.05) is 83.6 Å². The predicted octanol–water partition coefficient (Wildman–Crippen LogP) is 13.9. The number of benzene rings is 7. The number of rotatable bonds is 11. The number of carbonyl (C=O) groups excluding carboxylic acids is 2. The molecular formula is C57H56O6S3. The average molecular weight is 933 g/mol. The maximum absolute atomic E-state index is 14.3. The van der Waals surface area contributed by atoms with Crippen LogP contribution in [0.15, 0.2) is 185 Å². The Kier molecular flexibility index (Phi) is 12.6. The van der Waals surface area contributed by atoms with Crippen molar-refractivity contribution in [3.63, 3.8) is 0 Å². The van der Waals surface area contributed by atoms with Crippen LogP contribution in [0.4, 0.5) is 0 Å². The minimum absolute atomic E-state index is 0.166. The van der Waals surface area contributed by atoms with E-state index < -0.39 is 44.9 Å². The summed E-state index contributed by atoms with van der Waals surface area (Å²) in [6.07, 6.45) is 0.687. The Bertz CT molecular complexity index is 2900. The first kappa shape index (κ1) is 45.3. The number of hydrogen-bond acceptors (Lipinski definition) is 7. The zero-order valence-corrected chi connectivity index (χ0v) is 41.3. The number of carbonyl (C=O) groups is 2. The highest BCUT2D eigenvalue weighted by atomic mass is 32.2. The van der Waals surface area contributed by atoms with Crippen LogP contribution in [0.3, 0.4) is 0 Å². The third kappa shape index (κ3) is 9.01. The molecule has 9 rings (SSSR count). The minimum Gasteiger partial charge on any atom is -0.481 e. The lowest BCUT2D eigenvalue weighted by Crippen LogP contribution is -2.34. The molecule has 7 aromatic rings. The zero-order valence-electron chi connectivity index (χ0n) is 38.7. The van der Waals surface area contributed by atoms with E-state index in [1.54, 1.807) is 0 Å². The molecule has 0 N–H and O–H groups in total. The summed E-state index contributed by atoms with van der Waals surface area (Å²) in [5.41, 5.74) is 6.34. The van der Waals surface area contributed by atoms with Crippen molar-refractivity contribution in [1.82, 2.24) is 0 Å². The van der Waals surface area contributed by atoms with Crippen LogP contribution in [0.1, 0.15) is 72.2 Å². The van der Waals surface area contributed by atoms with E-state index in [2.05, 4.69) is 129 Å². The lowest BCUT2D eigenvalue weighted by Gasteiger charge is -2.38. The highest BCUT2D eigenvalue weighted by Gasteiger charge is 2.39. The van der Waals surface area contributed by atoms with Gasteiger partial charge in [0, 0.05) is 25.1 Å². The Balaban J connectivity index is 1.02. The van der Waals surface area contributed by atoms with Crippen molar-refractivity contribution in [3.8, 4) is 11.5 Å². The fourth-order valence-corrected chi connectivity index (χ4v) is 16.4. The van der Waals surface area contributed by atoms with Crippen molar-refractivity contribution in [2.24, 2.45) is 0 Å². The van der Waals surface area contributed by atoms with Crippen molar-refractivity contribution >= 4 is 45.5 Å². The molecule has 2 heterocycles. The van der Waals surface area contributed by atoms with Crippen LogP contribution in [-0.4, -0.2) is 30.8 Å². The van der Waals surface area contributed by atoms with E-state index in [4.69, 9.17) is 18.9 Å². The second-order valence-electron chi connectivity index (χ2n) is 18.2. The number of esters is 2. The van der Waals surface area contributed by atoms with Crippen LogP contribution in [0.2, 0.25) is 0 Å². The van der Waals surface area contributed by atoms with Gasteiger partial charge in [-0.15, -0.1) is 0 Å². The second-order valence-corrected chi connectivity index (χ2v) is 23.6. The molecule has 2 unspecified atom stereocenters. The second kappa shape index (κ2) is 18.4. The summed E-state index contributed by atoms with van der Waals surface area (Å²) in [4.78, 5) is 37.2. The maximum Gasteiger partial charge on any atom is 0.345 e. The van der Waals surface area contributed by atoms with Crippen molar-refractivity contribution in [3.05, 3.63) is 190 Å². The number of ether oxygens (including phenoxy) is 4. The summed E-state index contributed by atoms with van der Waals surface area (Å²) in [6.45, 7) is 15.3. The van der Waals surface area contributed by atoms with Gasteiger partial charge in [-0.05, 0) is 181 Å². The van der Waals surface area contributed by atoms with Gasteiger partial charge in [0.15, 0.2) is 18.8 Å². The van der Waals surface area contributed by atoms with Gasteiger partial charge in [-0.1, -0.05) is 96.7 Å². The van der Waals surface area contributed by atoms with Gasteiger partial charge in [-0.25, -0.2) is 9.59 Å². The molecule has 2 aliphatic rings. The summed E-state index contributed by atoms with van der Waals surface area (Å²) < 4.78 is 24.8. The predicted molar refractivity (Wildman–Crippen MR) is 268 cm³/mol. The Morgan fingerprint density at radius 1 is 0.530 bits per heavy atom. The molecule has 0 aliphatic carbocycles. The molecule has 2 aliphatic heterocycles. The van der Waals surface area contributed by atoms with Gasteiger partial charge in [0.25, 0.3) is 0 Å². The first-order valence-electron chi connectivity index (χ1n) is 22.3. The smallest absolute Gasteiger partial charge is 0.345 e. The zero-order chi connectivity index (χ0) is 46.3. The van der Waals surface area contributed by atoms with Gasteiger partial charge in [0.2, 0.25) is 0 Å². The van der Waals surface area contributed by atoms with Gasteiger partial charge in [0.05, 0.1) is 0 Å². The number of aryl methyl sites for hydroxylation is 4. The number of hydrogen-bond donors (Lipinski definition) is 2. The van der Waals surface area contributed by atoms with Crippen LogP contribution in [0, 0.1) is 27.7 Å². The summed E-state index contributed by atoms with van der Waals surface area (Å²) >= 11 is 1.84. The average Bonchev–Trinajstić information content (AvgIpc) is 3.28. The van der Waals surface area contributed by atoms with Crippen LogP contribution in [0.25, 0.3) is 0 Å². The highest BCUT2D eigenvalue weighted by molar-refractivity contribution is 8.18. The van der Waals surface area contributed by atoms with Crippen molar-refractivity contribution in [1.29, 1.82) is 0 Å². The van der Waals surface area contributed by atoms with Gasteiger partial charge >= 0.3 is 11.9 Å². The van der Waals surface area contributed by atoms with E-state index in [9.17, 15) is 9.59 Å². The van der Waals surface area contributed by atoms with E-state index in [0.29, 0.717) is 17.9 Å². The maximum atomic E-state index is 14.3. The molecule has 2 atom stereocenters. The molecular weight excluding hydrogens is 877 g/mol. The molecule has 0 radical (unpaired) electrons. The lowest BCUT2D eigenvalue weighted by molar-refractivity contribution is -0.158. The van der Waals surface area contributed by atoms with Crippen LogP contribution >= 0.6 is 33.6 Å². The van der Waals surface area contributed by atoms with E-state index in [0.717, 1.165) is 38.9 Å².